The lowest BCUT2D eigenvalue weighted by molar-refractivity contribution is 0.564. The van der Waals surface area contributed by atoms with Gasteiger partial charge in [0.05, 0.1) is 11.4 Å². The van der Waals surface area contributed by atoms with Crippen molar-refractivity contribution in [2.45, 2.75) is 13.8 Å². The van der Waals surface area contributed by atoms with Crippen molar-refractivity contribution in [3.8, 4) is 11.1 Å². The van der Waals surface area contributed by atoms with E-state index < -0.39 is 0 Å². The molecule has 0 aliphatic carbocycles. The second kappa shape index (κ2) is 5.89. The Bertz CT molecular complexity index is 688. The Morgan fingerprint density at radius 1 is 0.750 bits per heavy atom. The average Bonchev–Trinajstić information content (AvgIpc) is 2.44. The number of benzene rings is 2. The monoisotopic (exact) mass is 264 g/mol. The highest BCUT2D eigenvalue weighted by Gasteiger charge is 2.05. The quantitative estimate of drug-likeness (QED) is 0.623. The van der Waals surface area contributed by atoms with E-state index in [1.54, 1.807) is 24.3 Å². The van der Waals surface area contributed by atoms with Gasteiger partial charge in [-0.2, -0.15) is 9.98 Å². The van der Waals surface area contributed by atoms with Crippen LogP contribution in [0, 0.1) is 13.8 Å². The first-order valence-corrected chi connectivity index (χ1v) is 6.03. The van der Waals surface area contributed by atoms with E-state index in [9.17, 15) is 9.59 Å². The molecule has 98 valence electrons. The summed E-state index contributed by atoms with van der Waals surface area (Å²) in [6.45, 7) is 3.74. The molecular formula is C16H12N2O2. The van der Waals surface area contributed by atoms with Crippen LogP contribution in [-0.2, 0) is 9.59 Å². The van der Waals surface area contributed by atoms with Gasteiger partial charge in [0.1, 0.15) is 0 Å². The molecule has 0 unspecified atom stereocenters. The Labute approximate surface area is 116 Å². The van der Waals surface area contributed by atoms with Gasteiger partial charge >= 0.3 is 0 Å². The molecule has 0 N–H and O–H groups in total. The average molecular weight is 264 g/mol. The van der Waals surface area contributed by atoms with Gasteiger partial charge in [-0.3, -0.25) is 0 Å². The van der Waals surface area contributed by atoms with E-state index in [0.717, 1.165) is 22.3 Å². The van der Waals surface area contributed by atoms with Crippen LogP contribution in [-0.4, -0.2) is 12.2 Å². The van der Waals surface area contributed by atoms with Gasteiger partial charge in [-0.05, 0) is 48.2 Å². The van der Waals surface area contributed by atoms with Crippen LogP contribution in [0.1, 0.15) is 11.1 Å². The van der Waals surface area contributed by atoms with E-state index in [0.29, 0.717) is 11.4 Å². The van der Waals surface area contributed by atoms with E-state index in [1.807, 2.05) is 38.1 Å². The summed E-state index contributed by atoms with van der Waals surface area (Å²) in [4.78, 5) is 28.2. The number of hydrogen-bond acceptors (Lipinski definition) is 4. The summed E-state index contributed by atoms with van der Waals surface area (Å²) >= 11 is 0. The predicted molar refractivity (Wildman–Crippen MR) is 76.9 cm³/mol. The van der Waals surface area contributed by atoms with Crippen molar-refractivity contribution in [2.24, 2.45) is 9.98 Å². The minimum Gasteiger partial charge on any atom is -0.211 e. The molecule has 0 saturated heterocycles. The van der Waals surface area contributed by atoms with Gasteiger partial charge in [0.25, 0.3) is 0 Å². The molecule has 0 atom stereocenters. The molecule has 0 heterocycles. The Balaban J connectivity index is 2.56. The maximum atomic E-state index is 10.4. The van der Waals surface area contributed by atoms with Crippen molar-refractivity contribution < 1.29 is 9.59 Å². The van der Waals surface area contributed by atoms with Crippen molar-refractivity contribution in [2.75, 3.05) is 0 Å². The third-order valence-corrected chi connectivity index (χ3v) is 3.08. The maximum absolute atomic E-state index is 10.4. The largest absolute Gasteiger partial charge is 0.240 e. The van der Waals surface area contributed by atoms with Crippen LogP contribution in [0.2, 0.25) is 0 Å². The van der Waals surface area contributed by atoms with Gasteiger partial charge in [-0.15, -0.1) is 0 Å². The summed E-state index contributed by atoms with van der Waals surface area (Å²) in [5.74, 6) is 0. The zero-order valence-corrected chi connectivity index (χ0v) is 11.2. The molecule has 4 nitrogen and oxygen atoms in total. The molecular weight excluding hydrogens is 252 g/mol. The van der Waals surface area contributed by atoms with Gasteiger partial charge < -0.3 is 0 Å². The molecule has 0 aliphatic rings. The topological polar surface area (TPSA) is 58.9 Å². The highest BCUT2D eigenvalue weighted by atomic mass is 16.1. The smallest absolute Gasteiger partial charge is 0.211 e. The van der Waals surface area contributed by atoms with E-state index in [-0.39, 0.29) is 0 Å². The molecule has 0 radical (unpaired) electrons. The molecule has 2 aromatic carbocycles. The Hall–Kier alpha value is -2.80. The van der Waals surface area contributed by atoms with Crippen molar-refractivity contribution in [3.05, 3.63) is 47.5 Å². The number of aliphatic imine (C=N–C) groups is 2. The highest BCUT2D eigenvalue weighted by molar-refractivity contribution is 5.73. The number of carbonyl (C=O) groups excluding carboxylic acids is 2. The molecule has 0 saturated carbocycles. The predicted octanol–water partition coefficient (Wildman–Crippen LogP) is 3.91. The maximum Gasteiger partial charge on any atom is 0.240 e. The highest BCUT2D eigenvalue weighted by Crippen LogP contribution is 2.30. The third kappa shape index (κ3) is 2.78. The van der Waals surface area contributed by atoms with E-state index in [4.69, 9.17) is 0 Å². The van der Waals surface area contributed by atoms with E-state index in [1.165, 1.54) is 0 Å². The van der Waals surface area contributed by atoms with Crippen LogP contribution in [0.25, 0.3) is 11.1 Å². The molecule has 0 fully saturated rings. The molecule has 0 aliphatic heterocycles. The number of isocyanates is 2. The SMILES string of the molecule is Cc1ccc(-c2ccc(C)c(N=C=O)c2)cc1N=C=O. The van der Waals surface area contributed by atoms with Crippen LogP contribution in [0.15, 0.2) is 46.4 Å². The van der Waals surface area contributed by atoms with Gasteiger partial charge in [0, 0.05) is 0 Å². The number of rotatable bonds is 3. The van der Waals surface area contributed by atoms with Crippen LogP contribution >= 0.6 is 0 Å². The first-order valence-electron chi connectivity index (χ1n) is 6.03. The lowest BCUT2D eigenvalue weighted by atomic mass is 10.0. The van der Waals surface area contributed by atoms with Gasteiger partial charge in [-0.25, -0.2) is 9.59 Å². The second-order valence-corrected chi connectivity index (χ2v) is 4.41. The first kappa shape index (κ1) is 13.6. The number of aryl methyl sites for hydroxylation is 2. The lowest BCUT2D eigenvalue weighted by Crippen LogP contribution is -1.82. The van der Waals surface area contributed by atoms with E-state index >= 15 is 0 Å². The molecule has 4 heteroatoms. The second-order valence-electron chi connectivity index (χ2n) is 4.41. The minimum atomic E-state index is 0.582. The summed E-state index contributed by atoms with van der Waals surface area (Å²) in [6, 6.07) is 11.2. The van der Waals surface area contributed by atoms with E-state index in [2.05, 4.69) is 9.98 Å². The molecule has 2 rings (SSSR count). The zero-order valence-electron chi connectivity index (χ0n) is 11.2. The van der Waals surface area contributed by atoms with Gasteiger partial charge in [0.2, 0.25) is 12.2 Å². The lowest BCUT2D eigenvalue weighted by Gasteiger charge is -2.07. The fraction of sp³-hybridized carbons (Fsp3) is 0.125. The summed E-state index contributed by atoms with van der Waals surface area (Å²) in [5, 5.41) is 0. The van der Waals surface area contributed by atoms with Crippen molar-refractivity contribution >= 4 is 23.5 Å². The molecule has 0 bridgehead atoms. The fourth-order valence-electron chi connectivity index (χ4n) is 1.92. The van der Waals surface area contributed by atoms with Crippen molar-refractivity contribution in [1.29, 1.82) is 0 Å². The standard InChI is InChI=1S/C16H12N2O2/c1-11-3-5-13(7-15(11)17-9-19)14-6-4-12(2)16(8-14)18-10-20/h3-8H,1-2H3. The van der Waals surface area contributed by atoms with Crippen molar-refractivity contribution in [3.63, 3.8) is 0 Å². The normalized spacial score (nSPS) is 9.50. The Kier molecular flexibility index (Phi) is 4.02. The Morgan fingerprint density at radius 2 is 1.15 bits per heavy atom. The third-order valence-electron chi connectivity index (χ3n) is 3.08. The van der Waals surface area contributed by atoms with Gasteiger partial charge in [-0.1, -0.05) is 24.3 Å². The van der Waals surface area contributed by atoms with Crippen LogP contribution in [0.3, 0.4) is 0 Å². The Morgan fingerprint density at radius 3 is 1.50 bits per heavy atom. The minimum absolute atomic E-state index is 0.582. The molecule has 0 amide bonds. The number of nitrogens with zero attached hydrogens (tertiary/aromatic N) is 2. The first-order chi connectivity index (χ1) is 9.65. The van der Waals surface area contributed by atoms with Gasteiger partial charge in [0.15, 0.2) is 0 Å². The zero-order chi connectivity index (χ0) is 14.5. The van der Waals surface area contributed by atoms with Crippen LogP contribution in [0.5, 0.6) is 0 Å². The summed E-state index contributed by atoms with van der Waals surface area (Å²) < 4.78 is 0. The summed E-state index contributed by atoms with van der Waals surface area (Å²) in [6.07, 6.45) is 3.10. The summed E-state index contributed by atoms with van der Waals surface area (Å²) in [5.41, 5.74) is 4.75. The number of hydrogen-bond donors (Lipinski definition) is 0. The molecule has 0 spiro atoms. The molecule has 0 aromatic heterocycles. The van der Waals surface area contributed by atoms with Crippen LogP contribution < -0.4 is 0 Å². The fourth-order valence-corrected chi connectivity index (χ4v) is 1.92. The molecule has 20 heavy (non-hydrogen) atoms. The molecule has 2 aromatic rings. The van der Waals surface area contributed by atoms with Crippen molar-refractivity contribution in [1.82, 2.24) is 0 Å². The van der Waals surface area contributed by atoms with Crippen LogP contribution in [0.4, 0.5) is 11.4 Å². The summed E-state index contributed by atoms with van der Waals surface area (Å²) in [7, 11) is 0.